The predicted octanol–water partition coefficient (Wildman–Crippen LogP) is 0.624. The normalized spacial score (nSPS) is 21.0. The van der Waals surface area contributed by atoms with Crippen LogP contribution >= 0.6 is 0 Å². The topological polar surface area (TPSA) is 447 Å². The van der Waals surface area contributed by atoms with E-state index in [0.29, 0.717) is 57.3 Å². The third-order valence-corrected chi connectivity index (χ3v) is 23.4. The van der Waals surface area contributed by atoms with Gasteiger partial charge < -0.3 is 88.7 Å². The van der Waals surface area contributed by atoms with Gasteiger partial charge >= 0.3 is 0 Å². The molecular weight excluding hydrogens is 1510 g/mol. The third kappa shape index (κ3) is 28.0. The number of carbonyl (C=O) groups excluding carboxylic acids is 16. The Bertz CT molecular complexity index is 3580. The maximum atomic E-state index is 14.5. The molecule has 0 bridgehead atoms. The molecule has 5 rings (SSSR count). The van der Waals surface area contributed by atoms with Gasteiger partial charge in [-0.1, -0.05) is 55.4 Å². The molecule has 0 saturated carbocycles. The number of hydrogen-bond donors (Lipinski definition) is 14. The highest BCUT2D eigenvalue weighted by Crippen LogP contribution is 2.28. The molecule has 5 heterocycles. The maximum Gasteiger partial charge on any atom is 0.248 e. The van der Waals surface area contributed by atoms with Crippen LogP contribution in [0.2, 0.25) is 0 Å². The van der Waals surface area contributed by atoms with Crippen molar-refractivity contribution >= 4 is 94.5 Å². The Balaban J connectivity index is 1.09. The molecule has 0 aromatic carbocycles. The van der Waals surface area contributed by atoms with Crippen LogP contribution in [0, 0.1) is 17.8 Å². The lowest BCUT2D eigenvalue weighted by molar-refractivity contribution is -0.930. The molecular formula is C83H145N18O16+. The molecule has 0 aliphatic carbocycles. The summed E-state index contributed by atoms with van der Waals surface area (Å²) in [6, 6.07) is -6.38. The van der Waals surface area contributed by atoms with Crippen LogP contribution in [0.25, 0.3) is 0 Å². The van der Waals surface area contributed by atoms with Crippen LogP contribution in [-0.4, -0.2) is 260 Å². The van der Waals surface area contributed by atoms with E-state index in [1.165, 1.54) is 97.3 Å². The van der Waals surface area contributed by atoms with Crippen LogP contribution in [0.4, 0.5) is 0 Å². The van der Waals surface area contributed by atoms with Crippen LogP contribution in [0.5, 0.6) is 0 Å². The number of rotatable bonds is 39. The van der Waals surface area contributed by atoms with E-state index in [0.717, 1.165) is 51.7 Å². The number of likely N-dealkylation sites (tertiary alicyclic amines) is 3. The van der Waals surface area contributed by atoms with E-state index in [-0.39, 0.29) is 94.3 Å². The Hall–Kier alpha value is -8.56. The molecule has 2 unspecified atom stereocenters. The zero-order valence-electron chi connectivity index (χ0n) is 74.3. The lowest BCUT2D eigenvalue weighted by Crippen LogP contribution is -3.16. The Morgan fingerprint density at radius 1 is 0.393 bits per heavy atom. The van der Waals surface area contributed by atoms with E-state index >= 15 is 0 Å². The quantitative estimate of drug-likeness (QED) is 0.0401. The number of nitrogens with one attached hydrogen (secondary N) is 14. The van der Waals surface area contributed by atoms with Crippen molar-refractivity contribution in [1.29, 1.82) is 0 Å². The van der Waals surface area contributed by atoms with Crippen molar-refractivity contribution in [3.8, 4) is 0 Å². The minimum atomic E-state index is -1.67. The van der Waals surface area contributed by atoms with Crippen molar-refractivity contribution in [2.75, 3.05) is 58.9 Å². The van der Waals surface area contributed by atoms with Gasteiger partial charge in [0.25, 0.3) is 0 Å². The SMILES string of the molecule is CC[C@](C)(NC(=O)[C@H](CC(C)C)NC(=O)[C@H](C)NC(=O)C(C)(C)NC(=O)[C@@H]1CCCCN1C(=O)C(C)(C)NC(=O)C(C)(C)NC(=O)CNC(=O)CCNC(=O)[C@H](CC(C)C)NC(=O)C(C)(C)NC(=O)[C@](C)(CC)NC(=O)[C@@H]1CCCCN1C(=O)C(C)(C)NC(=O)[C@@H]1CCCCN1C(C)=O)C(=O)N[C@@H](CC(C)C)CN1CCC[NH+]2CCCC12. The van der Waals surface area contributed by atoms with E-state index < -0.39 is 164 Å². The fourth-order valence-corrected chi connectivity index (χ4v) is 15.9. The summed E-state index contributed by atoms with van der Waals surface area (Å²) >= 11 is 0. The van der Waals surface area contributed by atoms with Crippen molar-refractivity contribution in [2.24, 2.45) is 17.8 Å². The van der Waals surface area contributed by atoms with Gasteiger partial charge in [-0.25, -0.2) is 0 Å². The molecule has 14 N–H and O–H groups in total. The number of quaternary nitrogens is 1. The van der Waals surface area contributed by atoms with Gasteiger partial charge in [0.2, 0.25) is 94.5 Å². The minimum Gasteiger partial charge on any atom is -0.354 e. The van der Waals surface area contributed by atoms with Crippen LogP contribution in [0.3, 0.4) is 0 Å². The van der Waals surface area contributed by atoms with Crippen LogP contribution in [-0.2, 0) is 76.7 Å². The second-order valence-corrected chi connectivity index (χ2v) is 37.5. The smallest absolute Gasteiger partial charge is 0.248 e. The van der Waals surface area contributed by atoms with Gasteiger partial charge in [0.1, 0.15) is 81.2 Å². The number of amides is 16. The van der Waals surface area contributed by atoms with Gasteiger partial charge in [-0.15, -0.1) is 0 Å². The number of fused-ring (bicyclic) bond motifs is 1. The first-order valence-electron chi connectivity index (χ1n) is 42.8. The summed E-state index contributed by atoms with van der Waals surface area (Å²) in [6.45, 7) is 39.7. The molecule has 34 nitrogen and oxygen atoms in total. The van der Waals surface area contributed by atoms with E-state index in [1.807, 2.05) is 34.6 Å². The monoisotopic (exact) mass is 1650 g/mol. The zero-order chi connectivity index (χ0) is 88.3. The number of nitrogens with zero attached hydrogens (tertiary/aromatic N) is 4. The number of carbonyl (C=O) groups is 16. The van der Waals surface area contributed by atoms with Crippen LogP contribution in [0.15, 0.2) is 0 Å². The molecule has 662 valence electrons. The molecule has 0 radical (unpaired) electrons. The highest BCUT2D eigenvalue weighted by atomic mass is 16.2. The molecule has 117 heavy (non-hydrogen) atoms. The van der Waals surface area contributed by atoms with Crippen molar-refractivity contribution in [3.63, 3.8) is 0 Å². The molecule has 5 saturated heterocycles. The summed E-state index contributed by atoms with van der Waals surface area (Å²) in [4.78, 5) is 230. The Labute approximate surface area is 693 Å². The fourth-order valence-electron chi connectivity index (χ4n) is 15.9. The van der Waals surface area contributed by atoms with Gasteiger partial charge in [-0.05, 0) is 198 Å². The van der Waals surface area contributed by atoms with Gasteiger partial charge in [-0.2, -0.15) is 0 Å². The van der Waals surface area contributed by atoms with Crippen LogP contribution < -0.4 is 74.0 Å². The van der Waals surface area contributed by atoms with Gasteiger partial charge in [-0.3, -0.25) is 81.6 Å². The molecule has 0 aromatic rings. The average molecular weight is 1650 g/mol. The first-order valence-corrected chi connectivity index (χ1v) is 42.8. The van der Waals surface area contributed by atoms with Crippen molar-refractivity contribution < 1.29 is 81.6 Å². The van der Waals surface area contributed by atoms with E-state index in [9.17, 15) is 76.7 Å². The lowest BCUT2D eigenvalue weighted by Gasteiger charge is -2.42. The second kappa shape index (κ2) is 42.4. The minimum absolute atomic E-state index is 0.0649. The van der Waals surface area contributed by atoms with Crippen molar-refractivity contribution in [2.45, 2.75) is 355 Å². The largest absolute Gasteiger partial charge is 0.354 e. The van der Waals surface area contributed by atoms with Gasteiger partial charge in [0, 0.05) is 77.9 Å². The third-order valence-electron chi connectivity index (χ3n) is 23.4. The first kappa shape index (κ1) is 99.0. The average Bonchev–Trinajstić information content (AvgIpc) is 1.44. The predicted molar refractivity (Wildman–Crippen MR) is 441 cm³/mol. The molecule has 5 fully saturated rings. The second-order valence-electron chi connectivity index (χ2n) is 37.5. The molecule has 11 atom stereocenters. The summed E-state index contributed by atoms with van der Waals surface area (Å²) in [6.07, 6.45) is 9.71. The molecule has 5 aliphatic heterocycles. The molecule has 0 aromatic heterocycles. The van der Waals surface area contributed by atoms with Crippen LogP contribution in [0.1, 0.15) is 268 Å². The standard InChI is InChI=1S/C83H144N18O16/c1-23-82(21,73(114)87-55(45-50(3)4)49-98-41-32-40-97-39-31-36-63(97)98)93-66(107)57(47-52(7)8)88-64(105)53(9)86-70(111)77(11,12)91-68(109)59-34-26-29-43-100(59)76(117)81(19,20)95-72(113)79(15,16)90-62(104)48-85-61(103)37-38-84-65(106)56(46-51(5)6)89-71(112)78(13,14)96-74(115)83(22,24-2)94-69(110)60-35-27-30-44-101(60)75(116)80(17,18)92-67(108)58-33-25-28-42-99(58)54(10)102/h50-53,55-60,63H,23-49H2,1-22H3,(H,84,106)(H,85,103)(H,86,111)(H,87,114)(H,88,105)(H,89,112)(H,90,104)(H,91,109)(H,92,108)(H,93,107)(H,94,110)(H,95,113)(H,96,115)/p+1/t53-,55-,56-,57-,58-,59-,60-,63?,82-,83-/m0/s1. The molecule has 34 heteroatoms. The summed E-state index contributed by atoms with van der Waals surface area (Å²) in [5, 5.41) is 36.0. The van der Waals surface area contributed by atoms with Gasteiger partial charge in [0.05, 0.1) is 19.6 Å². The molecule has 5 aliphatic rings. The summed E-state index contributed by atoms with van der Waals surface area (Å²) in [5.41, 5.74) is -11.0. The highest BCUT2D eigenvalue weighted by Gasteiger charge is 2.49. The summed E-state index contributed by atoms with van der Waals surface area (Å²) in [5.74, 6) is -9.63. The Morgan fingerprint density at radius 2 is 0.838 bits per heavy atom. The van der Waals surface area contributed by atoms with E-state index in [2.05, 4.69) is 87.9 Å². The maximum absolute atomic E-state index is 14.5. The van der Waals surface area contributed by atoms with E-state index in [4.69, 9.17) is 0 Å². The number of hydrogen-bond acceptors (Lipinski definition) is 17. The lowest BCUT2D eigenvalue weighted by atomic mass is 9.91. The fraction of sp³-hybridized carbons (Fsp3) is 0.807. The highest BCUT2D eigenvalue weighted by molar-refractivity contribution is 6.03. The van der Waals surface area contributed by atoms with Crippen molar-refractivity contribution in [3.05, 3.63) is 0 Å². The Kier molecular flexibility index (Phi) is 35.9. The molecule has 0 spiro atoms. The van der Waals surface area contributed by atoms with E-state index in [1.54, 1.807) is 32.6 Å². The summed E-state index contributed by atoms with van der Waals surface area (Å²) < 4.78 is 0. The zero-order valence-corrected chi connectivity index (χ0v) is 74.3. The Morgan fingerprint density at radius 3 is 1.36 bits per heavy atom. The molecule has 16 amide bonds. The van der Waals surface area contributed by atoms with Gasteiger partial charge in [0.15, 0.2) is 0 Å². The van der Waals surface area contributed by atoms with Crippen molar-refractivity contribution in [1.82, 2.24) is 88.7 Å². The summed E-state index contributed by atoms with van der Waals surface area (Å²) in [7, 11) is 0. The first-order chi connectivity index (χ1) is 54.2. The number of piperidine rings is 3.